The fourth-order valence-corrected chi connectivity index (χ4v) is 3.91. The number of halogens is 2. The van der Waals surface area contributed by atoms with E-state index in [1.54, 1.807) is 0 Å². The molecule has 0 N–H and O–H groups in total. The van der Waals surface area contributed by atoms with Crippen molar-refractivity contribution in [2.45, 2.75) is 44.9 Å². The van der Waals surface area contributed by atoms with E-state index >= 15 is 0 Å². The highest BCUT2D eigenvalue weighted by Crippen LogP contribution is 2.36. The molecule has 0 saturated heterocycles. The molecule has 1 heterocycles. The second-order valence-corrected chi connectivity index (χ2v) is 7.21. The smallest absolute Gasteiger partial charge is 0.146 e. The van der Waals surface area contributed by atoms with Crippen LogP contribution in [0.1, 0.15) is 54.2 Å². The maximum absolute atomic E-state index is 6.34. The molecule has 110 valence electrons. The van der Waals surface area contributed by atoms with E-state index in [2.05, 4.69) is 58.8 Å². The van der Waals surface area contributed by atoms with E-state index in [1.807, 2.05) is 0 Å². The summed E-state index contributed by atoms with van der Waals surface area (Å²) in [7, 11) is 0. The Hall–Kier alpha value is -0.680. The molecule has 0 bridgehead atoms. The number of benzene rings is 1. The maximum atomic E-state index is 6.34. The van der Waals surface area contributed by atoms with Crippen LogP contribution in [0.15, 0.2) is 24.3 Å². The molecule has 2 aromatic rings. The van der Waals surface area contributed by atoms with Gasteiger partial charge in [0.25, 0.3) is 0 Å². The summed E-state index contributed by atoms with van der Waals surface area (Å²) in [6.45, 7) is 2.11. The molecule has 1 fully saturated rings. The number of aromatic nitrogens is 2. The Balaban J connectivity index is 1.92. The Kier molecular flexibility index (Phi) is 4.79. The monoisotopic (exact) mass is 412 g/mol. The lowest BCUT2D eigenvalue weighted by Gasteiger charge is -2.13. The summed E-state index contributed by atoms with van der Waals surface area (Å²) in [6, 6.07) is 8.49. The standard InChI is InChI=1S/C17H18ClIN2/c1-11-5-4-6-12(9-11)10-14-20-16(13-7-2-3-8-13)15(19)17(18)21-14/h4-6,9,13H,2-3,7-8,10H2,1H3. The van der Waals surface area contributed by atoms with Crippen molar-refractivity contribution in [3.8, 4) is 0 Å². The van der Waals surface area contributed by atoms with E-state index in [0.29, 0.717) is 11.1 Å². The van der Waals surface area contributed by atoms with Gasteiger partial charge in [0, 0.05) is 12.3 Å². The van der Waals surface area contributed by atoms with Gasteiger partial charge in [0.05, 0.1) is 9.26 Å². The minimum atomic E-state index is 0.564. The summed E-state index contributed by atoms with van der Waals surface area (Å²) in [5.74, 6) is 1.40. The summed E-state index contributed by atoms with van der Waals surface area (Å²) in [5, 5.41) is 0.607. The highest BCUT2D eigenvalue weighted by molar-refractivity contribution is 14.1. The molecule has 1 saturated carbocycles. The SMILES string of the molecule is Cc1cccc(Cc2nc(Cl)c(I)c(C3CCCC3)n2)c1. The van der Waals surface area contributed by atoms with Crippen LogP contribution in [-0.2, 0) is 6.42 Å². The molecule has 1 aliphatic carbocycles. The zero-order chi connectivity index (χ0) is 14.8. The Morgan fingerprint density at radius 3 is 2.71 bits per heavy atom. The number of nitrogens with zero attached hydrogens (tertiary/aromatic N) is 2. The first kappa shape index (κ1) is 15.2. The molecule has 0 unspecified atom stereocenters. The van der Waals surface area contributed by atoms with Gasteiger partial charge in [-0.1, -0.05) is 54.3 Å². The van der Waals surface area contributed by atoms with Gasteiger partial charge in [-0.2, -0.15) is 0 Å². The molecular weight excluding hydrogens is 395 g/mol. The minimum absolute atomic E-state index is 0.564. The van der Waals surface area contributed by atoms with E-state index in [-0.39, 0.29) is 0 Å². The van der Waals surface area contributed by atoms with Crippen LogP contribution in [-0.4, -0.2) is 9.97 Å². The molecule has 0 aliphatic heterocycles. The molecule has 0 spiro atoms. The third kappa shape index (κ3) is 3.57. The van der Waals surface area contributed by atoms with E-state index in [9.17, 15) is 0 Å². The molecule has 2 nitrogen and oxygen atoms in total. The van der Waals surface area contributed by atoms with Crippen molar-refractivity contribution in [2.75, 3.05) is 0 Å². The average molecular weight is 413 g/mol. The normalized spacial score (nSPS) is 15.6. The van der Waals surface area contributed by atoms with Gasteiger partial charge in [0.2, 0.25) is 0 Å². The predicted molar refractivity (Wildman–Crippen MR) is 95.0 cm³/mol. The maximum Gasteiger partial charge on any atom is 0.146 e. The van der Waals surface area contributed by atoms with Crippen molar-refractivity contribution >= 4 is 34.2 Å². The van der Waals surface area contributed by atoms with Crippen molar-refractivity contribution in [3.63, 3.8) is 0 Å². The molecular formula is C17H18ClIN2. The van der Waals surface area contributed by atoms with Crippen molar-refractivity contribution in [2.24, 2.45) is 0 Å². The third-order valence-electron chi connectivity index (χ3n) is 4.07. The Morgan fingerprint density at radius 2 is 2.00 bits per heavy atom. The minimum Gasteiger partial charge on any atom is -0.236 e. The number of hydrogen-bond donors (Lipinski definition) is 0. The van der Waals surface area contributed by atoms with Crippen molar-refractivity contribution < 1.29 is 0 Å². The first-order valence-corrected chi connectivity index (χ1v) is 8.86. The zero-order valence-corrected chi connectivity index (χ0v) is 15.0. The van der Waals surface area contributed by atoms with Crippen LogP contribution < -0.4 is 0 Å². The van der Waals surface area contributed by atoms with Gasteiger partial charge in [-0.15, -0.1) is 0 Å². The number of hydrogen-bond acceptors (Lipinski definition) is 2. The van der Waals surface area contributed by atoms with Crippen molar-refractivity contribution in [3.05, 3.63) is 55.6 Å². The predicted octanol–water partition coefficient (Wildman–Crippen LogP) is 5.29. The number of aryl methyl sites for hydroxylation is 1. The third-order valence-corrected chi connectivity index (χ3v) is 5.73. The lowest BCUT2D eigenvalue weighted by Crippen LogP contribution is -2.07. The molecule has 0 atom stereocenters. The fraction of sp³-hybridized carbons (Fsp3) is 0.412. The first-order chi connectivity index (χ1) is 10.1. The first-order valence-electron chi connectivity index (χ1n) is 7.41. The van der Waals surface area contributed by atoms with Crippen LogP contribution in [0.4, 0.5) is 0 Å². The van der Waals surface area contributed by atoms with Gasteiger partial charge in [-0.05, 0) is 47.9 Å². The summed E-state index contributed by atoms with van der Waals surface area (Å²) in [6.07, 6.45) is 5.81. The van der Waals surface area contributed by atoms with E-state index in [1.165, 1.54) is 36.8 Å². The number of rotatable bonds is 3. The zero-order valence-electron chi connectivity index (χ0n) is 12.1. The second kappa shape index (κ2) is 6.61. The fourth-order valence-electron chi connectivity index (χ4n) is 3.03. The molecule has 21 heavy (non-hydrogen) atoms. The van der Waals surface area contributed by atoms with Crippen molar-refractivity contribution in [1.29, 1.82) is 0 Å². The average Bonchev–Trinajstić information content (AvgIpc) is 2.96. The van der Waals surface area contributed by atoms with Gasteiger partial charge in [-0.25, -0.2) is 9.97 Å². The summed E-state index contributed by atoms with van der Waals surface area (Å²) in [4.78, 5) is 9.31. The van der Waals surface area contributed by atoms with Crippen LogP contribution in [0.25, 0.3) is 0 Å². The second-order valence-electron chi connectivity index (χ2n) is 5.78. The molecule has 0 radical (unpaired) electrons. The van der Waals surface area contributed by atoms with E-state index < -0.39 is 0 Å². The molecule has 1 aromatic heterocycles. The summed E-state index contributed by atoms with van der Waals surface area (Å²) < 4.78 is 1.04. The lowest BCUT2D eigenvalue weighted by atomic mass is 10.0. The molecule has 4 heteroatoms. The van der Waals surface area contributed by atoms with Crippen LogP contribution in [0, 0.1) is 10.5 Å². The van der Waals surface area contributed by atoms with Gasteiger partial charge >= 0.3 is 0 Å². The van der Waals surface area contributed by atoms with E-state index in [0.717, 1.165) is 21.5 Å². The molecule has 0 amide bonds. The molecule has 1 aromatic carbocycles. The summed E-state index contributed by atoms with van der Waals surface area (Å²) in [5.41, 5.74) is 3.67. The van der Waals surface area contributed by atoms with E-state index in [4.69, 9.17) is 16.6 Å². The van der Waals surface area contributed by atoms with Crippen LogP contribution in [0.5, 0.6) is 0 Å². The molecule has 3 rings (SSSR count). The van der Waals surface area contributed by atoms with Gasteiger partial charge < -0.3 is 0 Å². The van der Waals surface area contributed by atoms with Gasteiger partial charge in [0.15, 0.2) is 0 Å². The Morgan fingerprint density at radius 1 is 1.24 bits per heavy atom. The topological polar surface area (TPSA) is 25.8 Å². The van der Waals surface area contributed by atoms with Crippen LogP contribution >= 0.6 is 34.2 Å². The van der Waals surface area contributed by atoms with Crippen LogP contribution in [0.2, 0.25) is 5.15 Å². The Labute approximate surface area is 144 Å². The lowest BCUT2D eigenvalue weighted by molar-refractivity contribution is 0.680. The van der Waals surface area contributed by atoms with Gasteiger partial charge in [0.1, 0.15) is 11.0 Å². The highest BCUT2D eigenvalue weighted by atomic mass is 127. The Bertz CT molecular complexity index is 651. The highest BCUT2D eigenvalue weighted by Gasteiger charge is 2.23. The van der Waals surface area contributed by atoms with Crippen LogP contribution in [0.3, 0.4) is 0 Å². The molecule has 1 aliphatic rings. The quantitative estimate of drug-likeness (QED) is 0.505. The largest absolute Gasteiger partial charge is 0.236 e. The summed E-state index contributed by atoms with van der Waals surface area (Å²) >= 11 is 8.63. The van der Waals surface area contributed by atoms with Crippen molar-refractivity contribution in [1.82, 2.24) is 9.97 Å². The van der Waals surface area contributed by atoms with Gasteiger partial charge in [-0.3, -0.25) is 0 Å².